The minimum atomic E-state index is -0.575. The molecule has 0 saturated heterocycles. The molecule has 0 aliphatic carbocycles. The van der Waals surface area contributed by atoms with Gasteiger partial charge < -0.3 is 28.4 Å². The predicted molar refractivity (Wildman–Crippen MR) is 199 cm³/mol. The van der Waals surface area contributed by atoms with Gasteiger partial charge in [-0.15, -0.1) is 0 Å². The lowest BCUT2D eigenvalue weighted by Crippen LogP contribution is -2.12. The summed E-state index contributed by atoms with van der Waals surface area (Å²) in [6, 6.07) is 20.9. The molecule has 0 aromatic heterocycles. The monoisotopic (exact) mass is 712 g/mol. The number of esters is 4. The summed E-state index contributed by atoms with van der Waals surface area (Å²) >= 11 is 0. The summed E-state index contributed by atoms with van der Waals surface area (Å²) in [7, 11) is 1.26. The van der Waals surface area contributed by atoms with Gasteiger partial charge >= 0.3 is 23.9 Å². The lowest BCUT2D eigenvalue weighted by atomic mass is 9.98. The van der Waals surface area contributed by atoms with Crippen LogP contribution in [0.1, 0.15) is 63.0 Å². The van der Waals surface area contributed by atoms with Gasteiger partial charge in [0.25, 0.3) is 0 Å². The fraction of sp³-hybridized carbons (Fsp3) is 0.333. The molecular weight excluding hydrogens is 664 g/mol. The van der Waals surface area contributed by atoms with Crippen LogP contribution in [0.5, 0.6) is 17.2 Å². The molecule has 0 aliphatic heterocycles. The lowest BCUT2D eigenvalue weighted by molar-refractivity contribution is -0.144. The van der Waals surface area contributed by atoms with Crippen molar-refractivity contribution in [3.63, 3.8) is 0 Å². The van der Waals surface area contributed by atoms with Crippen molar-refractivity contribution in [3.05, 3.63) is 109 Å². The van der Waals surface area contributed by atoms with Crippen LogP contribution in [0, 0.1) is 0 Å². The SMILES string of the molecule is C=CC(=O)OCCCCOc1ccc(/C=C/C(=O)Oc2ccc(-c3ccc(OCCCCCCOC(=O)C(=C)CC(=O)OC)cc3)c(CC)c2)cc1. The molecule has 0 heterocycles. The highest BCUT2D eigenvalue weighted by atomic mass is 16.5. The molecule has 3 rings (SSSR count). The number of rotatable bonds is 23. The molecule has 0 radical (unpaired) electrons. The van der Waals surface area contributed by atoms with Crippen LogP contribution in [0.4, 0.5) is 0 Å². The highest BCUT2D eigenvalue weighted by molar-refractivity contribution is 5.93. The van der Waals surface area contributed by atoms with Gasteiger partial charge in [-0.3, -0.25) is 4.79 Å². The number of carbonyl (C=O) groups excluding carboxylic acids is 4. The third-order valence-corrected chi connectivity index (χ3v) is 7.77. The van der Waals surface area contributed by atoms with Crippen molar-refractivity contribution in [2.24, 2.45) is 0 Å². The van der Waals surface area contributed by atoms with Gasteiger partial charge in [0, 0.05) is 17.7 Å². The van der Waals surface area contributed by atoms with Crippen LogP contribution in [-0.2, 0) is 39.8 Å². The molecule has 0 N–H and O–H groups in total. The number of benzene rings is 3. The van der Waals surface area contributed by atoms with E-state index < -0.39 is 23.9 Å². The van der Waals surface area contributed by atoms with E-state index >= 15 is 0 Å². The summed E-state index contributed by atoms with van der Waals surface area (Å²) in [4.78, 5) is 46.7. The first-order valence-electron chi connectivity index (χ1n) is 17.4. The Balaban J connectivity index is 1.37. The third-order valence-electron chi connectivity index (χ3n) is 7.77. The average molecular weight is 713 g/mol. The van der Waals surface area contributed by atoms with E-state index in [1.54, 1.807) is 12.1 Å². The van der Waals surface area contributed by atoms with E-state index in [4.69, 9.17) is 23.7 Å². The number of aryl methyl sites for hydroxylation is 1. The van der Waals surface area contributed by atoms with Gasteiger partial charge in [0.2, 0.25) is 0 Å². The molecule has 276 valence electrons. The number of hydrogen-bond donors (Lipinski definition) is 0. The van der Waals surface area contributed by atoms with E-state index in [1.807, 2.05) is 60.7 Å². The Labute approximate surface area is 306 Å². The van der Waals surface area contributed by atoms with Crippen molar-refractivity contribution < 1.29 is 47.6 Å². The maximum Gasteiger partial charge on any atom is 0.336 e. The topological polar surface area (TPSA) is 124 Å². The number of hydrogen-bond acceptors (Lipinski definition) is 10. The zero-order chi connectivity index (χ0) is 37.6. The standard InChI is InChI=1S/C42H48O10/c1-5-33-30-37(52-40(44)24-15-32-13-18-35(19-14-32)49-26-11-12-27-50-39(43)6-2)22-23-38(33)34-16-20-36(21-17-34)48-25-9-7-8-10-28-51-42(46)31(3)29-41(45)47-4/h6,13-24,30H,2-3,5,7-12,25-29H2,1,4H3/b24-15+. The first kappa shape index (κ1) is 40.8. The summed E-state index contributed by atoms with van der Waals surface area (Å²) in [6.07, 6.45) is 9.64. The zero-order valence-corrected chi connectivity index (χ0v) is 30.1. The molecule has 0 spiro atoms. The molecule has 0 atom stereocenters. The smallest absolute Gasteiger partial charge is 0.336 e. The maximum absolute atomic E-state index is 12.6. The van der Waals surface area contributed by atoms with Gasteiger partial charge in [-0.1, -0.05) is 50.4 Å². The van der Waals surface area contributed by atoms with Crippen LogP contribution < -0.4 is 14.2 Å². The highest BCUT2D eigenvalue weighted by Gasteiger charge is 2.13. The Hall–Kier alpha value is -5.64. The van der Waals surface area contributed by atoms with E-state index in [0.29, 0.717) is 44.2 Å². The van der Waals surface area contributed by atoms with Crippen molar-refractivity contribution in [2.45, 2.75) is 58.3 Å². The van der Waals surface area contributed by atoms with Gasteiger partial charge in [-0.25, -0.2) is 14.4 Å². The Kier molecular flexibility index (Phi) is 18.0. The summed E-state index contributed by atoms with van der Waals surface area (Å²) in [6.45, 7) is 10.7. The van der Waals surface area contributed by atoms with Crippen molar-refractivity contribution in [1.29, 1.82) is 0 Å². The van der Waals surface area contributed by atoms with E-state index in [1.165, 1.54) is 13.2 Å². The Bertz CT molecular complexity index is 1650. The van der Waals surface area contributed by atoms with Crippen molar-refractivity contribution >= 4 is 30.0 Å². The minimum Gasteiger partial charge on any atom is -0.494 e. The van der Waals surface area contributed by atoms with E-state index in [-0.39, 0.29) is 18.6 Å². The summed E-state index contributed by atoms with van der Waals surface area (Å²) in [5.41, 5.74) is 4.05. The van der Waals surface area contributed by atoms with E-state index in [2.05, 4.69) is 24.8 Å². The van der Waals surface area contributed by atoms with Gasteiger partial charge in [0.1, 0.15) is 17.2 Å². The highest BCUT2D eigenvalue weighted by Crippen LogP contribution is 2.29. The maximum atomic E-state index is 12.6. The third kappa shape index (κ3) is 15.1. The molecule has 0 bridgehead atoms. The van der Waals surface area contributed by atoms with Crippen LogP contribution in [-0.4, -0.2) is 57.4 Å². The van der Waals surface area contributed by atoms with E-state index in [9.17, 15) is 19.2 Å². The van der Waals surface area contributed by atoms with Crippen LogP contribution in [0.25, 0.3) is 17.2 Å². The summed E-state index contributed by atoms with van der Waals surface area (Å²) in [5.74, 6) is -0.0394. The molecule has 10 heteroatoms. The second kappa shape index (κ2) is 23.0. The quantitative estimate of drug-likeness (QED) is 0.0314. The summed E-state index contributed by atoms with van der Waals surface area (Å²) in [5, 5.41) is 0. The van der Waals surface area contributed by atoms with Crippen LogP contribution in [0.3, 0.4) is 0 Å². The first-order chi connectivity index (χ1) is 25.2. The van der Waals surface area contributed by atoms with Gasteiger partial charge in [-0.2, -0.15) is 0 Å². The Morgan fingerprint density at radius 2 is 1.27 bits per heavy atom. The van der Waals surface area contributed by atoms with Crippen molar-refractivity contribution in [1.82, 2.24) is 0 Å². The Morgan fingerprint density at radius 3 is 1.90 bits per heavy atom. The molecule has 3 aromatic carbocycles. The number of ether oxygens (including phenoxy) is 6. The normalized spacial score (nSPS) is 10.7. The van der Waals surface area contributed by atoms with Crippen molar-refractivity contribution in [3.8, 4) is 28.4 Å². The number of methoxy groups -OCH3 is 1. The lowest BCUT2D eigenvalue weighted by Gasteiger charge is -2.12. The minimum absolute atomic E-state index is 0.0859. The number of carbonyl (C=O) groups is 4. The summed E-state index contributed by atoms with van der Waals surface area (Å²) < 4.78 is 31.8. The molecule has 0 saturated carbocycles. The second-order valence-electron chi connectivity index (χ2n) is 11.7. The van der Waals surface area contributed by atoms with Crippen LogP contribution >= 0.6 is 0 Å². The van der Waals surface area contributed by atoms with Crippen molar-refractivity contribution in [2.75, 3.05) is 33.5 Å². The fourth-order valence-electron chi connectivity index (χ4n) is 4.89. The van der Waals surface area contributed by atoms with Gasteiger partial charge in [0.15, 0.2) is 0 Å². The largest absolute Gasteiger partial charge is 0.494 e. The number of unbranched alkanes of at least 4 members (excludes halogenated alkanes) is 4. The predicted octanol–water partition coefficient (Wildman–Crippen LogP) is 8.02. The molecule has 0 amide bonds. The molecule has 52 heavy (non-hydrogen) atoms. The molecule has 10 nitrogen and oxygen atoms in total. The first-order valence-corrected chi connectivity index (χ1v) is 17.4. The van der Waals surface area contributed by atoms with Gasteiger partial charge in [-0.05, 0) is 110 Å². The average Bonchev–Trinajstić information content (AvgIpc) is 3.16. The van der Waals surface area contributed by atoms with E-state index in [0.717, 1.165) is 66.2 Å². The fourth-order valence-corrected chi connectivity index (χ4v) is 4.89. The second-order valence-corrected chi connectivity index (χ2v) is 11.7. The zero-order valence-electron chi connectivity index (χ0n) is 30.1. The molecule has 3 aromatic rings. The molecule has 0 aliphatic rings. The van der Waals surface area contributed by atoms with Crippen LogP contribution in [0.2, 0.25) is 0 Å². The Morgan fingerprint density at radius 1 is 0.692 bits per heavy atom. The molecular formula is C42H48O10. The molecule has 0 unspecified atom stereocenters. The van der Waals surface area contributed by atoms with Gasteiger partial charge in [0.05, 0.1) is 40.0 Å². The van der Waals surface area contributed by atoms with Crippen LogP contribution in [0.15, 0.2) is 97.6 Å². The molecule has 0 fully saturated rings.